The highest BCUT2D eigenvalue weighted by Crippen LogP contribution is 2.38. The van der Waals surface area contributed by atoms with Gasteiger partial charge in [-0.1, -0.05) is 22.8 Å². The summed E-state index contributed by atoms with van der Waals surface area (Å²) in [6.45, 7) is 0. The SMILES string of the molecule is COc1cc2c(NS(=O)(=O)c3c(OC)cccc3OC)noc2cc1Nc1cc(Cl)[nH]n1. The van der Waals surface area contributed by atoms with Crippen molar-refractivity contribution < 1.29 is 27.2 Å². The fourth-order valence-corrected chi connectivity index (χ4v) is 4.55. The Labute approximate surface area is 187 Å². The second kappa shape index (κ2) is 8.48. The average molecular weight is 480 g/mol. The van der Waals surface area contributed by atoms with E-state index in [1.54, 1.807) is 24.3 Å². The molecule has 0 atom stereocenters. The number of rotatable bonds is 8. The second-order valence-electron chi connectivity index (χ2n) is 6.40. The van der Waals surface area contributed by atoms with Crippen LogP contribution in [-0.4, -0.2) is 45.1 Å². The summed E-state index contributed by atoms with van der Waals surface area (Å²) >= 11 is 5.85. The Morgan fingerprint density at radius 3 is 2.31 bits per heavy atom. The zero-order valence-corrected chi connectivity index (χ0v) is 18.7. The lowest BCUT2D eigenvalue weighted by molar-refractivity contribution is 0.373. The molecular weight excluding hydrogens is 462 g/mol. The van der Waals surface area contributed by atoms with Crippen LogP contribution in [0.4, 0.5) is 17.3 Å². The number of aromatic nitrogens is 3. The highest BCUT2D eigenvalue weighted by Gasteiger charge is 2.27. The number of sulfonamides is 1. The Bertz CT molecular complexity index is 1360. The molecule has 0 amide bonds. The van der Waals surface area contributed by atoms with Crippen molar-refractivity contribution in [3.05, 3.63) is 41.6 Å². The van der Waals surface area contributed by atoms with Crippen LogP contribution in [0.5, 0.6) is 17.2 Å². The second-order valence-corrected chi connectivity index (χ2v) is 8.43. The number of nitrogens with one attached hydrogen (secondary N) is 3. The zero-order chi connectivity index (χ0) is 22.9. The monoisotopic (exact) mass is 479 g/mol. The number of anilines is 3. The highest BCUT2D eigenvalue weighted by atomic mass is 35.5. The molecule has 2 aromatic heterocycles. The fourth-order valence-electron chi connectivity index (χ4n) is 3.07. The van der Waals surface area contributed by atoms with Crippen LogP contribution in [0, 0.1) is 0 Å². The van der Waals surface area contributed by atoms with Gasteiger partial charge in [-0.25, -0.2) is 8.42 Å². The average Bonchev–Trinajstić information content (AvgIpc) is 3.37. The van der Waals surface area contributed by atoms with Gasteiger partial charge in [-0.15, -0.1) is 0 Å². The molecule has 11 nitrogen and oxygen atoms in total. The first-order chi connectivity index (χ1) is 15.4. The van der Waals surface area contributed by atoms with Gasteiger partial charge in [0, 0.05) is 12.1 Å². The summed E-state index contributed by atoms with van der Waals surface area (Å²) in [6, 6.07) is 9.42. The molecule has 0 unspecified atom stereocenters. The largest absolute Gasteiger partial charge is 0.495 e. The van der Waals surface area contributed by atoms with Gasteiger partial charge < -0.3 is 24.1 Å². The molecule has 4 rings (SSSR count). The quantitative estimate of drug-likeness (QED) is 0.344. The van der Waals surface area contributed by atoms with E-state index >= 15 is 0 Å². The number of methoxy groups -OCH3 is 3. The number of benzene rings is 2. The van der Waals surface area contributed by atoms with Gasteiger partial charge in [0.2, 0.25) is 0 Å². The Kier molecular flexibility index (Phi) is 5.72. The van der Waals surface area contributed by atoms with Crippen molar-refractivity contribution in [1.82, 2.24) is 15.4 Å². The summed E-state index contributed by atoms with van der Waals surface area (Å²) in [6.07, 6.45) is 0. The molecule has 2 aromatic carbocycles. The number of nitrogens with zero attached hydrogens (tertiary/aromatic N) is 2. The first-order valence-corrected chi connectivity index (χ1v) is 10.9. The molecule has 0 aliphatic rings. The van der Waals surface area contributed by atoms with E-state index in [4.69, 9.17) is 30.3 Å². The summed E-state index contributed by atoms with van der Waals surface area (Å²) in [4.78, 5) is -0.165. The molecule has 0 aliphatic carbocycles. The predicted octanol–water partition coefficient (Wildman–Crippen LogP) is 3.77. The Balaban J connectivity index is 1.73. The third-order valence-corrected chi connectivity index (χ3v) is 6.08. The Morgan fingerprint density at radius 1 is 1.03 bits per heavy atom. The van der Waals surface area contributed by atoms with E-state index in [1.807, 2.05) is 0 Å². The van der Waals surface area contributed by atoms with Gasteiger partial charge in [0.25, 0.3) is 10.0 Å². The maximum Gasteiger partial charge on any atom is 0.270 e. The number of hydrogen-bond donors (Lipinski definition) is 3. The van der Waals surface area contributed by atoms with Crippen molar-refractivity contribution >= 4 is 49.9 Å². The number of hydrogen-bond acceptors (Lipinski definition) is 9. The summed E-state index contributed by atoms with van der Waals surface area (Å²) in [5, 5.41) is 14.3. The van der Waals surface area contributed by atoms with E-state index < -0.39 is 10.0 Å². The molecular formula is C19H18ClN5O6S. The molecule has 32 heavy (non-hydrogen) atoms. The molecule has 3 N–H and O–H groups in total. The van der Waals surface area contributed by atoms with E-state index in [0.717, 1.165) is 0 Å². The van der Waals surface area contributed by atoms with Crippen LogP contribution in [0.2, 0.25) is 5.15 Å². The van der Waals surface area contributed by atoms with Crippen LogP contribution in [0.15, 0.2) is 45.8 Å². The van der Waals surface area contributed by atoms with Crippen molar-refractivity contribution in [2.75, 3.05) is 31.4 Å². The van der Waals surface area contributed by atoms with Gasteiger partial charge in [-0.2, -0.15) is 5.10 Å². The molecule has 0 aliphatic heterocycles. The van der Waals surface area contributed by atoms with Crippen molar-refractivity contribution in [3.8, 4) is 17.2 Å². The summed E-state index contributed by atoms with van der Waals surface area (Å²) in [5.74, 6) is 1.06. The molecule has 0 bridgehead atoms. The van der Waals surface area contributed by atoms with Gasteiger partial charge in [-0.05, 0) is 18.2 Å². The molecule has 0 fully saturated rings. The number of fused-ring (bicyclic) bond motifs is 1. The van der Waals surface area contributed by atoms with Gasteiger partial charge >= 0.3 is 0 Å². The number of ether oxygens (including phenoxy) is 3. The molecule has 0 saturated carbocycles. The van der Waals surface area contributed by atoms with Crippen LogP contribution in [-0.2, 0) is 10.0 Å². The predicted molar refractivity (Wildman–Crippen MR) is 118 cm³/mol. The minimum Gasteiger partial charge on any atom is -0.495 e. The van der Waals surface area contributed by atoms with Crippen LogP contribution < -0.4 is 24.2 Å². The third kappa shape index (κ3) is 3.97. The molecule has 168 valence electrons. The Morgan fingerprint density at radius 2 is 1.72 bits per heavy atom. The van der Waals surface area contributed by atoms with Crippen molar-refractivity contribution in [2.45, 2.75) is 4.90 Å². The van der Waals surface area contributed by atoms with Gasteiger partial charge in [-0.3, -0.25) is 9.82 Å². The highest BCUT2D eigenvalue weighted by molar-refractivity contribution is 7.93. The molecule has 0 spiro atoms. The molecule has 0 radical (unpaired) electrons. The van der Waals surface area contributed by atoms with Crippen molar-refractivity contribution in [1.29, 1.82) is 0 Å². The summed E-state index contributed by atoms with van der Waals surface area (Å²) in [7, 11) is 0.0623. The van der Waals surface area contributed by atoms with Gasteiger partial charge in [0.15, 0.2) is 22.1 Å². The van der Waals surface area contributed by atoms with Crippen LogP contribution >= 0.6 is 11.6 Å². The number of H-pyrrole nitrogens is 1. The minimum absolute atomic E-state index is 0.0272. The van der Waals surface area contributed by atoms with E-state index in [9.17, 15) is 8.42 Å². The molecule has 2 heterocycles. The summed E-state index contributed by atoms with van der Waals surface area (Å²) in [5.41, 5.74) is 0.819. The van der Waals surface area contributed by atoms with E-state index in [0.29, 0.717) is 33.4 Å². The van der Waals surface area contributed by atoms with E-state index in [1.165, 1.54) is 33.5 Å². The minimum atomic E-state index is -4.14. The molecule has 13 heteroatoms. The van der Waals surface area contributed by atoms with Gasteiger partial charge in [0.1, 0.15) is 22.4 Å². The van der Waals surface area contributed by atoms with Crippen LogP contribution in [0.1, 0.15) is 0 Å². The molecule has 0 saturated heterocycles. The lowest BCUT2D eigenvalue weighted by atomic mass is 10.2. The number of halogens is 1. The maximum atomic E-state index is 13.1. The first-order valence-electron chi connectivity index (χ1n) is 9.05. The third-order valence-electron chi connectivity index (χ3n) is 4.48. The first kappa shape index (κ1) is 21.6. The molecule has 4 aromatic rings. The van der Waals surface area contributed by atoms with Crippen LogP contribution in [0.25, 0.3) is 11.0 Å². The number of aromatic amines is 1. The summed E-state index contributed by atoms with van der Waals surface area (Å²) < 4.78 is 49.9. The standard InChI is InChI=1S/C19H18ClN5O6S/c1-28-12-5-4-6-13(29-2)18(12)32(26,27)25-19-10-7-15(30-3)11(8-14(10)31-24-19)21-17-9-16(20)22-23-17/h4-9H,1-3H3,(H,24,25)(H2,21,22,23). The normalized spacial score (nSPS) is 11.4. The van der Waals surface area contributed by atoms with Crippen molar-refractivity contribution in [2.24, 2.45) is 0 Å². The van der Waals surface area contributed by atoms with Crippen LogP contribution in [0.3, 0.4) is 0 Å². The van der Waals surface area contributed by atoms with E-state index in [-0.39, 0.29) is 22.2 Å². The van der Waals surface area contributed by atoms with Crippen molar-refractivity contribution in [3.63, 3.8) is 0 Å². The zero-order valence-electron chi connectivity index (χ0n) is 17.1. The van der Waals surface area contributed by atoms with E-state index in [2.05, 4.69) is 25.4 Å². The smallest absolute Gasteiger partial charge is 0.270 e. The van der Waals surface area contributed by atoms with Gasteiger partial charge in [0.05, 0.1) is 32.4 Å². The Hall–Kier alpha value is -3.64. The maximum absolute atomic E-state index is 13.1. The lowest BCUT2D eigenvalue weighted by Crippen LogP contribution is -2.15. The lowest BCUT2D eigenvalue weighted by Gasteiger charge is -2.14. The topological polar surface area (TPSA) is 141 Å². The fraction of sp³-hybridized carbons (Fsp3) is 0.158.